The Hall–Kier alpha value is -3.39. The number of hydrogen-bond acceptors (Lipinski definition) is 6. The molecule has 9 heteroatoms. The number of benzene rings is 2. The number of amides is 2. The topological polar surface area (TPSA) is 111 Å². The van der Waals surface area contributed by atoms with Gasteiger partial charge in [-0.15, -0.1) is 0 Å². The lowest BCUT2D eigenvalue weighted by molar-refractivity contribution is -0.147. The van der Waals surface area contributed by atoms with E-state index in [2.05, 4.69) is 10.6 Å². The molecule has 0 spiro atoms. The van der Waals surface area contributed by atoms with Crippen LogP contribution in [0.15, 0.2) is 42.5 Å². The highest BCUT2D eigenvalue weighted by Gasteiger charge is 2.12. The van der Waals surface area contributed by atoms with Gasteiger partial charge in [-0.2, -0.15) is 0 Å². The average molecular weight is 475 g/mol. The molecular formula is C24H27ClN2O6. The summed E-state index contributed by atoms with van der Waals surface area (Å²) in [4.78, 5) is 47.6. The van der Waals surface area contributed by atoms with Gasteiger partial charge in [0.2, 0.25) is 5.91 Å². The minimum absolute atomic E-state index is 0.00294. The van der Waals surface area contributed by atoms with Gasteiger partial charge < -0.3 is 20.1 Å². The highest BCUT2D eigenvalue weighted by molar-refractivity contribution is 6.31. The zero-order valence-electron chi connectivity index (χ0n) is 18.8. The summed E-state index contributed by atoms with van der Waals surface area (Å²) in [5.41, 5.74) is 2.30. The van der Waals surface area contributed by atoms with Gasteiger partial charge in [0, 0.05) is 29.2 Å². The lowest BCUT2D eigenvalue weighted by Gasteiger charge is -2.09. The summed E-state index contributed by atoms with van der Waals surface area (Å²) < 4.78 is 10.0. The molecule has 2 aromatic rings. The molecule has 0 aliphatic rings. The summed E-state index contributed by atoms with van der Waals surface area (Å²) in [7, 11) is 0. The molecule has 0 radical (unpaired) electrons. The predicted octanol–water partition coefficient (Wildman–Crippen LogP) is 4.50. The van der Waals surface area contributed by atoms with Crippen LogP contribution in [0.4, 0.5) is 11.4 Å². The van der Waals surface area contributed by atoms with E-state index in [1.807, 2.05) is 6.92 Å². The van der Waals surface area contributed by atoms with Crippen molar-refractivity contribution < 1.29 is 28.7 Å². The van der Waals surface area contributed by atoms with Crippen molar-refractivity contribution in [2.75, 3.05) is 17.2 Å². The van der Waals surface area contributed by atoms with Gasteiger partial charge in [-0.05, 0) is 69.2 Å². The summed E-state index contributed by atoms with van der Waals surface area (Å²) in [6, 6.07) is 11.4. The van der Waals surface area contributed by atoms with Crippen molar-refractivity contribution >= 4 is 46.7 Å². The van der Waals surface area contributed by atoms with E-state index in [0.717, 1.165) is 5.56 Å². The predicted molar refractivity (Wildman–Crippen MR) is 125 cm³/mol. The fourth-order valence-electron chi connectivity index (χ4n) is 2.67. The Morgan fingerprint density at radius 3 is 2.18 bits per heavy atom. The van der Waals surface area contributed by atoms with Crippen LogP contribution >= 0.6 is 11.6 Å². The molecular weight excluding hydrogens is 448 g/mol. The van der Waals surface area contributed by atoms with Gasteiger partial charge >= 0.3 is 11.9 Å². The van der Waals surface area contributed by atoms with Crippen LogP contribution in [0.25, 0.3) is 0 Å². The number of carbonyl (C=O) groups excluding carboxylic acids is 4. The molecule has 0 aliphatic carbocycles. The summed E-state index contributed by atoms with van der Waals surface area (Å²) in [5, 5.41) is 5.80. The molecule has 0 aromatic heterocycles. The molecule has 2 aromatic carbocycles. The molecule has 2 N–H and O–H groups in total. The fraction of sp³-hybridized carbons (Fsp3) is 0.333. The zero-order chi connectivity index (χ0) is 24.4. The molecule has 0 saturated carbocycles. The lowest BCUT2D eigenvalue weighted by Crippen LogP contribution is -2.21. The number of halogens is 1. The molecule has 0 aliphatic heterocycles. The van der Waals surface area contributed by atoms with Gasteiger partial charge in [0.25, 0.3) is 5.91 Å². The van der Waals surface area contributed by atoms with E-state index in [-0.39, 0.29) is 31.3 Å². The first-order chi connectivity index (χ1) is 15.6. The first kappa shape index (κ1) is 25.9. The van der Waals surface area contributed by atoms with Gasteiger partial charge in [0.15, 0.2) is 6.61 Å². The van der Waals surface area contributed by atoms with E-state index in [0.29, 0.717) is 22.0 Å². The highest BCUT2D eigenvalue weighted by Crippen LogP contribution is 2.19. The normalized spacial score (nSPS) is 10.5. The first-order valence-electron chi connectivity index (χ1n) is 10.5. The zero-order valence-corrected chi connectivity index (χ0v) is 19.5. The van der Waals surface area contributed by atoms with Gasteiger partial charge in [-0.3, -0.25) is 14.4 Å². The van der Waals surface area contributed by atoms with Crippen LogP contribution in [0, 0.1) is 6.92 Å². The minimum Gasteiger partial charge on any atom is -0.459 e. The van der Waals surface area contributed by atoms with Crippen LogP contribution in [-0.2, 0) is 23.9 Å². The van der Waals surface area contributed by atoms with Crippen molar-refractivity contribution in [2.24, 2.45) is 0 Å². The molecule has 33 heavy (non-hydrogen) atoms. The Labute approximate surface area is 197 Å². The molecule has 0 saturated heterocycles. The summed E-state index contributed by atoms with van der Waals surface area (Å²) in [6.45, 7) is 4.94. The second kappa shape index (κ2) is 12.6. The smallest absolute Gasteiger partial charge is 0.338 e. The molecule has 0 heterocycles. The molecule has 2 rings (SSSR count). The number of rotatable bonds is 10. The lowest BCUT2D eigenvalue weighted by atomic mass is 10.2. The van der Waals surface area contributed by atoms with Gasteiger partial charge in [0.05, 0.1) is 11.7 Å². The standard InChI is InChI=1S/C24H27ClN2O6/c1-15(2)33-24(31)17-8-11-18(12-9-17)26-21(28)5-4-6-23(30)32-14-22(29)27-19-10-7-16(3)20(25)13-19/h7-13,15H,4-6,14H2,1-3H3,(H,26,28)(H,27,29). The van der Waals surface area contributed by atoms with Crippen molar-refractivity contribution in [2.45, 2.75) is 46.1 Å². The molecule has 8 nitrogen and oxygen atoms in total. The second-order valence-electron chi connectivity index (χ2n) is 7.61. The van der Waals surface area contributed by atoms with Crippen LogP contribution in [0.3, 0.4) is 0 Å². The number of carbonyl (C=O) groups is 4. The van der Waals surface area contributed by atoms with E-state index in [1.54, 1.807) is 56.3 Å². The summed E-state index contributed by atoms with van der Waals surface area (Å²) >= 11 is 6.01. The molecule has 0 unspecified atom stereocenters. The average Bonchev–Trinajstić information content (AvgIpc) is 2.75. The van der Waals surface area contributed by atoms with E-state index in [9.17, 15) is 19.2 Å². The second-order valence-corrected chi connectivity index (χ2v) is 8.01. The van der Waals surface area contributed by atoms with Crippen LogP contribution in [-0.4, -0.2) is 36.5 Å². The molecule has 2 amide bonds. The third-order valence-corrected chi connectivity index (χ3v) is 4.76. The van der Waals surface area contributed by atoms with E-state index < -0.39 is 24.5 Å². The molecule has 176 valence electrons. The first-order valence-corrected chi connectivity index (χ1v) is 10.8. The van der Waals surface area contributed by atoms with Crippen molar-refractivity contribution in [3.8, 4) is 0 Å². The monoisotopic (exact) mass is 474 g/mol. The third kappa shape index (κ3) is 9.33. The van der Waals surface area contributed by atoms with E-state index in [4.69, 9.17) is 21.1 Å². The maximum atomic E-state index is 12.0. The van der Waals surface area contributed by atoms with E-state index >= 15 is 0 Å². The Balaban J connectivity index is 1.66. The van der Waals surface area contributed by atoms with Crippen molar-refractivity contribution in [3.05, 3.63) is 58.6 Å². The summed E-state index contributed by atoms with van der Waals surface area (Å²) in [5.74, 6) is -1.78. The maximum Gasteiger partial charge on any atom is 0.338 e. The van der Waals surface area contributed by atoms with Gasteiger partial charge in [0.1, 0.15) is 0 Å². The Bertz CT molecular complexity index is 1000. The van der Waals surface area contributed by atoms with Crippen LogP contribution in [0.5, 0.6) is 0 Å². The van der Waals surface area contributed by atoms with Gasteiger partial charge in [-0.1, -0.05) is 17.7 Å². The molecule has 0 bridgehead atoms. The number of anilines is 2. The maximum absolute atomic E-state index is 12.0. The Kier molecular flexibility index (Phi) is 9.87. The van der Waals surface area contributed by atoms with E-state index in [1.165, 1.54) is 0 Å². The number of ether oxygens (including phenoxy) is 2. The SMILES string of the molecule is Cc1ccc(NC(=O)COC(=O)CCCC(=O)Nc2ccc(C(=O)OC(C)C)cc2)cc1Cl. The van der Waals surface area contributed by atoms with Gasteiger partial charge in [-0.25, -0.2) is 4.79 Å². The van der Waals surface area contributed by atoms with Crippen LogP contribution < -0.4 is 10.6 Å². The van der Waals surface area contributed by atoms with Crippen LogP contribution in [0.1, 0.15) is 49.0 Å². The quantitative estimate of drug-likeness (QED) is 0.490. The highest BCUT2D eigenvalue weighted by atomic mass is 35.5. The van der Waals surface area contributed by atoms with Crippen molar-refractivity contribution in [1.29, 1.82) is 0 Å². The van der Waals surface area contributed by atoms with Crippen molar-refractivity contribution in [1.82, 2.24) is 0 Å². The van der Waals surface area contributed by atoms with Crippen molar-refractivity contribution in [3.63, 3.8) is 0 Å². The molecule has 0 atom stereocenters. The minimum atomic E-state index is -0.576. The number of esters is 2. The Morgan fingerprint density at radius 1 is 0.909 bits per heavy atom. The number of aryl methyl sites for hydroxylation is 1. The molecule has 0 fully saturated rings. The third-order valence-electron chi connectivity index (χ3n) is 4.35. The van der Waals surface area contributed by atoms with Crippen LogP contribution in [0.2, 0.25) is 5.02 Å². The summed E-state index contributed by atoms with van der Waals surface area (Å²) in [6.07, 6.45) is 0.140. The number of hydrogen-bond donors (Lipinski definition) is 2. The largest absolute Gasteiger partial charge is 0.459 e. The fourth-order valence-corrected chi connectivity index (χ4v) is 2.85. The number of nitrogens with one attached hydrogen (secondary N) is 2. The Morgan fingerprint density at radius 2 is 1.55 bits per heavy atom.